The van der Waals surface area contributed by atoms with Crippen molar-refractivity contribution in [3.63, 3.8) is 0 Å². The highest BCUT2D eigenvalue weighted by molar-refractivity contribution is 9.10. The number of aliphatic imine (C=N–C) groups is 1. The molecule has 3 aliphatic heterocycles. The normalized spacial score (nSPS) is 21.0. The number of rotatable bonds is 34. The van der Waals surface area contributed by atoms with Crippen LogP contribution < -0.4 is 75.7 Å². The smallest absolute Gasteiger partial charge is 0.329 e. The minimum atomic E-state index is -5.40. The number of fused-ring (bicyclic) bond motifs is 2. The molecule has 39 nitrogen and oxygen atoms in total. The molecule has 4 heterocycles. The molecule has 14 amide bonds. The van der Waals surface area contributed by atoms with E-state index in [0.29, 0.717) is 34.9 Å². The highest BCUT2D eigenvalue weighted by Crippen LogP contribution is 2.27. The minimum Gasteiger partial charge on any atom is -0.481 e. The Morgan fingerprint density at radius 2 is 1.36 bits per heavy atom. The quantitative estimate of drug-likeness (QED) is 0.00694. The summed E-state index contributed by atoms with van der Waals surface area (Å²) in [5.74, 6) is -20.0. The number of aromatic amines is 1. The number of hydrogen-bond acceptors (Lipinski definition) is 20. The summed E-state index contributed by atoms with van der Waals surface area (Å²) in [6.07, 6.45) is -2.62. The topological polar surface area (TPSA) is 602 Å². The summed E-state index contributed by atoms with van der Waals surface area (Å²) in [6.45, 7) is 13.4. The van der Waals surface area contributed by atoms with Crippen molar-refractivity contribution in [1.29, 1.82) is 0 Å². The van der Waals surface area contributed by atoms with Crippen molar-refractivity contribution in [3.8, 4) is 0 Å². The number of carboxylic acids is 1. The van der Waals surface area contributed by atoms with Crippen molar-refractivity contribution >= 4 is 138 Å². The maximum atomic E-state index is 15.2. The third-order valence-corrected chi connectivity index (χ3v) is 20.5. The average Bonchev–Trinajstić information content (AvgIpc) is 1.79. The molecule has 41 heteroatoms. The first kappa shape index (κ1) is 91.0. The number of H-pyrrole nitrogens is 1. The number of carbonyl (C=O) groups excluding carboxylic acids is 15. The Bertz CT molecular complexity index is 4170. The van der Waals surface area contributed by atoms with Crippen LogP contribution >= 0.6 is 15.9 Å². The van der Waals surface area contributed by atoms with Gasteiger partial charge in [-0.25, -0.2) is 4.79 Å². The summed E-state index contributed by atoms with van der Waals surface area (Å²) in [7, 11) is -5.40. The van der Waals surface area contributed by atoms with Gasteiger partial charge in [0.25, 0.3) is 10.1 Å². The number of nitrogens with two attached hydrogens (primary N) is 3. The third kappa shape index (κ3) is 26.7. The van der Waals surface area contributed by atoms with Crippen LogP contribution in [0.2, 0.25) is 0 Å². The van der Waals surface area contributed by atoms with E-state index in [1.165, 1.54) is 11.8 Å². The van der Waals surface area contributed by atoms with E-state index in [-0.39, 0.29) is 58.2 Å². The number of likely N-dealkylation sites (tertiary alicyclic amines) is 1. The molecule has 1 aromatic heterocycles. The zero-order chi connectivity index (χ0) is 84.1. The van der Waals surface area contributed by atoms with Crippen LogP contribution in [0.25, 0.3) is 10.9 Å². The second kappa shape index (κ2) is 41.1. The number of esters is 1. The van der Waals surface area contributed by atoms with Gasteiger partial charge in [0.1, 0.15) is 90.4 Å². The Kier molecular flexibility index (Phi) is 33.1. The number of carboxylic acid groups (broad SMARTS) is 1. The predicted octanol–water partition coefficient (Wildman–Crippen LogP) is -3.33. The Hall–Kier alpha value is -10.8. The zero-order valence-electron chi connectivity index (χ0n) is 64.1. The van der Waals surface area contributed by atoms with Gasteiger partial charge in [-0.05, 0) is 105 Å². The van der Waals surface area contributed by atoms with E-state index in [2.05, 4.69) is 84.4 Å². The van der Waals surface area contributed by atoms with Crippen LogP contribution in [0, 0.1) is 17.3 Å². The first-order chi connectivity index (χ1) is 53.0. The number of aliphatic carboxylic acids is 1. The van der Waals surface area contributed by atoms with E-state index in [4.69, 9.17) is 21.9 Å². The SMILES string of the molecule is CC(C)C1NC(=O)C(CCC(N)=O)NC(=O)C(NC(=O)[C@@H](CS(=O)(=O)O)NC(=O)[C@H](CCCN=C(N)N)NC(=O)[C@@H](Cc2c[nH]c3ccccc23)NC(=O)[C@@H](NC(=O)[C@H](NC(=O)[C@@H]2CCCN2C(=O)[C@H](Cc2ccc(Br)cc2)NC(=O)[C@@H](C)NC=O)C(C)C)C(C)(C)C)[C@@H](C)OC(=O)C(CC(=O)O)NC(=O)[C@@H]2CCCN2C1=O. The first-order valence-electron chi connectivity index (χ1n) is 36.8. The van der Waals surface area contributed by atoms with E-state index in [1.54, 1.807) is 103 Å². The molecule has 14 atom stereocenters. The fourth-order valence-electron chi connectivity index (χ4n) is 13.1. The van der Waals surface area contributed by atoms with Gasteiger partial charge < -0.3 is 100 Å². The van der Waals surface area contributed by atoms with Gasteiger partial charge in [0, 0.05) is 60.5 Å². The van der Waals surface area contributed by atoms with Gasteiger partial charge in [-0.2, -0.15) is 8.42 Å². The number of aromatic nitrogens is 1. The molecule has 3 saturated heterocycles. The second-order valence-corrected chi connectivity index (χ2v) is 32.3. The molecule has 3 aromatic rings. The van der Waals surface area contributed by atoms with E-state index in [1.807, 2.05) is 0 Å². The van der Waals surface area contributed by atoms with Crippen molar-refractivity contribution in [2.75, 3.05) is 25.4 Å². The number of cyclic esters (lactones) is 1. The molecule has 20 N–H and O–H groups in total. The molecule has 2 aromatic carbocycles. The van der Waals surface area contributed by atoms with Crippen LogP contribution in [0.4, 0.5) is 0 Å². The van der Waals surface area contributed by atoms with Gasteiger partial charge in [-0.15, -0.1) is 0 Å². The van der Waals surface area contributed by atoms with Crippen LogP contribution in [0.5, 0.6) is 0 Å². The van der Waals surface area contributed by atoms with Gasteiger partial charge in [-0.1, -0.05) is 94.7 Å². The Morgan fingerprint density at radius 3 is 1.98 bits per heavy atom. The average molecular weight is 1670 g/mol. The summed E-state index contributed by atoms with van der Waals surface area (Å²) >= 11 is 3.39. The number of guanidine groups is 1. The molecule has 6 rings (SSSR count). The van der Waals surface area contributed by atoms with E-state index >= 15 is 9.59 Å². The molecular formula is C72H103BrN18O21S. The van der Waals surface area contributed by atoms with Crippen molar-refractivity contribution in [2.45, 2.75) is 218 Å². The maximum Gasteiger partial charge on any atom is 0.329 e. The summed E-state index contributed by atoms with van der Waals surface area (Å²) in [5, 5.41) is 37.7. The molecule has 3 fully saturated rings. The Balaban J connectivity index is 1.32. The second-order valence-electron chi connectivity index (χ2n) is 29.8. The van der Waals surface area contributed by atoms with Crippen LogP contribution in [0.1, 0.15) is 131 Å². The lowest BCUT2D eigenvalue weighted by Crippen LogP contribution is -2.64. The van der Waals surface area contributed by atoms with Gasteiger partial charge in [0.2, 0.25) is 83.2 Å². The monoisotopic (exact) mass is 1670 g/mol. The largest absolute Gasteiger partial charge is 0.481 e. The number of benzene rings is 2. The van der Waals surface area contributed by atoms with Crippen molar-refractivity contribution in [1.82, 2.24) is 73.3 Å². The van der Waals surface area contributed by atoms with Crippen LogP contribution in [-0.2, 0) is 104 Å². The summed E-state index contributed by atoms with van der Waals surface area (Å²) in [6, 6.07) is -7.48. The van der Waals surface area contributed by atoms with Crippen molar-refractivity contribution < 1.29 is 99.5 Å². The number of carbonyl (C=O) groups is 16. The number of para-hydroxylation sites is 1. The van der Waals surface area contributed by atoms with E-state index in [0.717, 1.165) is 16.3 Å². The highest BCUT2D eigenvalue weighted by atomic mass is 79.9. The molecule has 0 radical (unpaired) electrons. The summed E-state index contributed by atoms with van der Waals surface area (Å²) in [5.41, 5.74) is 17.1. The number of primary amides is 1. The number of nitrogens with zero attached hydrogens (tertiary/aromatic N) is 3. The minimum absolute atomic E-state index is 0.00441. The number of hydrogen-bond donors (Lipinski definition) is 17. The summed E-state index contributed by atoms with van der Waals surface area (Å²) in [4.78, 5) is 234. The molecule has 3 aliphatic rings. The fourth-order valence-corrected chi connectivity index (χ4v) is 14.0. The van der Waals surface area contributed by atoms with Gasteiger partial charge in [-0.3, -0.25) is 81.5 Å². The Morgan fingerprint density at radius 1 is 0.735 bits per heavy atom. The lowest BCUT2D eigenvalue weighted by atomic mass is 9.85. The predicted molar refractivity (Wildman–Crippen MR) is 409 cm³/mol. The van der Waals surface area contributed by atoms with E-state index in [9.17, 15) is 85.2 Å². The molecule has 620 valence electrons. The maximum absolute atomic E-state index is 15.2. The first-order valence-corrected chi connectivity index (χ1v) is 39.2. The van der Waals surface area contributed by atoms with Gasteiger partial charge in [0.05, 0.1) is 6.42 Å². The van der Waals surface area contributed by atoms with Crippen LogP contribution in [0.15, 0.2) is 64.2 Å². The molecule has 113 heavy (non-hydrogen) atoms. The molecule has 0 bridgehead atoms. The lowest BCUT2D eigenvalue weighted by Gasteiger charge is -2.34. The van der Waals surface area contributed by atoms with Crippen molar-refractivity contribution in [3.05, 3.63) is 70.3 Å². The number of nitrogens with one attached hydrogen (secondary N) is 12. The molecule has 0 aliphatic carbocycles. The van der Waals surface area contributed by atoms with Crippen LogP contribution in [0.3, 0.4) is 0 Å². The zero-order valence-corrected chi connectivity index (χ0v) is 66.5. The lowest BCUT2D eigenvalue weighted by molar-refractivity contribution is -0.159. The highest BCUT2D eigenvalue weighted by Gasteiger charge is 2.46. The van der Waals surface area contributed by atoms with Crippen LogP contribution in [-0.4, -0.2) is 244 Å². The number of ether oxygens (including phenoxy) is 1. The fraction of sp³-hybridized carbons (Fsp3) is 0.569. The molecular weight excluding hydrogens is 1560 g/mol. The van der Waals surface area contributed by atoms with Gasteiger partial charge in [0.15, 0.2) is 5.96 Å². The molecule has 0 saturated carbocycles. The Labute approximate surface area is 660 Å². The molecule has 0 spiro atoms. The summed E-state index contributed by atoms with van der Waals surface area (Å²) < 4.78 is 42.5. The molecule has 4 unspecified atom stereocenters. The van der Waals surface area contributed by atoms with Gasteiger partial charge >= 0.3 is 11.9 Å². The van der Waals surface area contributed by atoms with E-state index < -0.39 is 238 Å². The standard InChI is InChI=1S/C72H103BrN18O21S/c1-35(2)54(86-64(102)51-19-13-27-90(51)68(106)47(83-58(96)37(5)79-34-92)29-39-20-22-41(73)23-21-39)65(103)89-57(72(7,8)9)67(105)82-46(30-40-32-78-43-16-11-10-15-42(40)43)61(99)80-44(17-12-26-77-71(75)76)59(97)85-49(33-113(109,110)111)62(100)88-56-38(6)112-70(108)48(31-53(94)95)84-63(101)50-18-14-28-91(50)69(107)55(36(3)4)87-60(98)45(81-66(56)104)24-25-52(74)93/h10-11,15-16,20-23,32,34-38,44-51,54-57,78H,12-14,17-19,24-31,33H2,1-9H3,(H2,74,93)(H,79,92)(H,80,99)(H,81,104)(H,82,105)(H,83,96)(H,84,101)(H,85,97)(H,86,102)(H,87,98)(H,88,100)(H,89,103)(H,94,95)(H4,75,76,77)(H,109,110,111)/t37-,38-,44+,45?,46-,47+,48?,49-,50+,51+,54-,55?,56?,57-/m1/s1. The van der Waals surface area contributed by atoms with Crippen molar-refractivity contribution in [2.24, 2.45) is 39.4 Å². The number of halogens is 1. The third-order valence-electron chi connectivity index (χ3n) is 19.2. The number of amides is 14.